The van der Waals surface area contributed by atoms with E-state index in [0.717, 1.165) is 25.7 Å². The highest BCUT2D eigenvalue weighted by atomic mass is 16.3. The molecule has 2 fully saturated rings. The van der Waals surface area contributed by atoms with Crippen LogP contribution in [0.4, 0.5) is 0 Å². The first-order valence-electron chi connectivity index (χ1n) is 5.47. The topological polar surface area (TPSA) is 26.7 Å². The van der Waals surface area contributed by atoms with E-state index in [1.807, 2.05) is 0 Å². The second-order valence-corrected chi connectivity index (χ2v) is 4.19. The number of piperazine rings is 1. The van der Waals surface area contributed by atoms with Crippen LogP contribution in [0.5, 0.6) is 0 Å². The van der Waals surface area contributed by atoms with E-state index in [9.17, 15) is 0 Å². The molecule has 0 atom stereocenters. The van der Waals surface area contributed by atoms with E-state index in [4.69, 9.17) is 5.11 Å². The second-order valence-electron chi connectivity index (χ2n) is 4.19. The van der Waals surface area contributed by atoms with Crippen LogP contribution in [0.1, 0.15) is 19.3 Å². The molecule has 0 radical (unpaired) electrons. The standard InChI is InChI=1S/C10H20N2O/c13-9-8-11-4-6-12(7-5-11)10-2-1-3-10/h10,13H,1-9H2. The van der Waals surface area contributed by atoms with Gasteiger partial charge in [0, 0.05) is 38.8 Å². The summed E-state index contributed by atoms with van der Waals surface area (Å²) in [6.07, 6.45) is 4.27. The Morgan fingerprint density at radius 1 is 1.08 bits per heavy atom. The third kappa shape index (κ3) is 2.22. The Morgan fingerprint density at radius 2 is 1.77 bits per heavy atom. The minimum absolute atomic E-state index is 0.309. The lowest BCUT2D eigenvalue weighted by Crippen LogP contribution is -2.52. The van der Waals surface area contributed by atoms with Crippen molar-refractivity contribution in [1.82, 2.24) is 9.80 Å². The molecule has 13 heavy (non-hydrogen) atoms. The highest BCUT2D eigenvalue weighted by Crippen LogP contribution is 2.25. The predicted octanol–water partition coefficient (Wildman–Crippen LogP) is 0.149. The molecular formula is C10H20N2O. The van der Waals surface area contributed by atoms with Gasteiger partial charge in [-0.05, 0) is 12.8 Å². The molecule has 1 N–H and O–H groups in total. The van der Waals surface area contributed by atoms with Crippen LogP contribution in [0.2, 0.25) is 0 Å². The molecule has 3 heteroatoms. The molecule has 1 heterocycles. The lowest BCUT2D eigenvalue weighted by Gasteiger charge is -2.42. The average molecular weight is 184 g/mol. The number of nitrogens with zero attached hydrogens (tertiary/aromatic N) is 2. The van der Waals surface area contributed by atoms with Gasteiger partial charge in [0.25, 0.3) is 0 Å². The van der Waals surface area contributed by atoms with Gasteiger partial charge in [0.15, 0.2) is 0 Å². The zero-order valence-electron chi connectivity index (χ0n) is 8.28. The van der Waals surface area contributed by atoms with Gasteiger partial charge >= 0.3 is 0 Å². The van der Waals surface area contributed by atoms with Gasteiger partial charge in [-0.15, -0.1) is 0 Å². The van der Waals surface area contributed by atoms with Crippen molar-refractivity contribution in [2.45, 2.75) is 25.3 Å². The summed E-state index contributed by atoms with van der Waals surface area (Å²) >= 11 is 0. The van der Waals surface area contributed by atoms with Crippen LogP contribution < -0.4 is 0 Å². The molecule has 1 aliphatic heterocycles. The maximum absolute atomic E-state index is 8.80. The largest absolute Gasteiger partial charge is 0.395 e. The first-order valence-corrected chi connectivity index (χ1v) is 5.47. The van der Waals surface area contributed by atoms with Crippen molar-refractivity contribution in [2.24, 2.45) is 0 Å². The SMILES string of the molecule is OCCN1CCN(C2CCC2)CC1. The number of rotatable bonds is 3. The van der Waals surface area contributed by atoms with Gasteiger partial charge in [-0.25, -0.2) is 0 Å². The zero-order valence-corrected chi connectivity index (χ0v) is 8.28. The Labute approximate surface area is 80.3 Å². The zero-order chi connectivity index (χ0) is 9.10. The monoisotopic (exact) mass is 184 g/mol. The van der Waals surface area contributed by atoms with Gasteiger partial charge in [0.1, 0.15) is 0 Å². The number of hydrogen-bond donors (Lipinski definition) is 1. The third-order valence-corrected chi connectivity index (χ3v) is 3.41. The Kier molecular flexibility index (Phi) is 3.19. The lowest BCUT2D eigenvalue weighted by molar-refractivity contribution is 0.0546. The average Bonchev–Trinajstić information content (AvgIpc) is 2.06. The molecule has 2 rings (SSSR count). The summed E-state index contributed by atoms with van der Waals surface area (Å²) < 4.78 is 0. The van der Waals surface area contributed by atoms with Crippen LogP contribution in [0, 0.1) is 0 Å². The van der Waals surface area contributed by atoms with Crippen molar-refractivity contribution in [2.75, 3.05) is 39.3 Å². The normalized spacial score (nSPS) is 27.5. The van der Waals surface area contributed by atoms with E-state index in [0.29, 0.717) is 6.61 Å². The molecule has 0 amide bonds. The van der Waals surface area contributed by atoms with Gasteiger partial charge in [0.05, 0.1) is 6.61 Å². The Bertz CT molecular complexity index is 151. The van der Waals surface area contributed by atoms with E-state index < -0.39 is 0 Å². The second kappa shape index (κ2) is 4.40. The maximum Gasteiger partial charge on any atom is 0.0558 e. The van der Waals surface area contributed by atoms with E-state index in [1.54, 1.807) is 0 Å². The molecule has 0 aromatic carbocycles. The Balaban J connectivity index is 1.69. The van der Waals surface area contributed by atoms with Crippen LogP contribution in [-0.2, 0) is 0 Å². The summed E-state index contributed by atoms with van der Waals surface area (Å²) in [4.78, 5) is 4.98. The number of aliphatic hydroxyl groups excluding tert-OH is 1. The quantitative estimate of drug-likeness (QED) is 0.676. The number of β-amino-alcohol motifs (C(OH)–C–C–N with tert-alkyl or cyclic N) is 1. The van der Waals surface area contributed by atoms with Crippen molar-refractivity contribution >= 4 is 0 Å². The van der Waals surface area contributed by atoms with Gasteiger partial charge in [-0.1, -0.05) is 6.42 Å². The van der Waals surface area contributed by atoms with Crippen LogP contribution >= 0.6 is 0 Å². The molecule has 0 spiro atoms. The summed E-state index contributed by atoms with van der Waals surface area (Å²) in [7, 11) is 0. The van der Waals surface area contributed by atoms with Gasteiger partial charge in [-0.3, -0.25) is 9.80 Å². The van der Waals surface area contributed by atoms with Crippen LogP contribution in [0.3, 0.4) is 0 Å². The fourth-order valence-electron chi connectivity index (χ4n) is 2.25. The van der Waals surface area contributed by atoms with E-state index in [-0.39, 0.29) is 0 Å². The minimum Gasteiger partial charge on any atom is -0.395 e. The lowest BCUT2D eigenvalue weighted by atomic mass is 9.91. The van der Waals surface area contributed by atoms with E-state index >= 15 is 0 Å². The number of aliphatic hydroxyl groups is 1. The summed E-state index contributed by atoms with van der Waals surface area (Å²) in [5.41, 5.74) is 0. The molecular weight excluding hydrogens is 164 g/mol. The van der Waals surface area contributed by atoms with Crippen molar-refractivity contribution in [3.63, 3.8) is 0 Å². The molecule has 1 saturated heterocycles. The molecule has 1 saturated carbocycles. The van der Waals surface area contributed by atoms with E-state index in [2.05, 4.69) is 9.80 Å². The highest BCUT2D eigenvalue weighted by molar-refractivity contribution is 4.83. The predicted molar refractivity (Wildman–Crippen MR) is 52.7 cm³/mol. The smallest absolute Gasteiger partial charge is 0.0558 e. The molecule has 0 unspecified atom stereocenters. The first kappa shape index (κ1) is 9.44. The summed E-state index contributed by atoms with van der Waals surface area (Å²) in [5, 5.41) is 8.80. The molecule has 3 nitrogen and oxygen atoms in total. The molecule has 0 aromatic heterocycles. The molecule has 1 aliphatic carbocycles. The van der Waals surface area contributed by atoms with Crippen LogP contribution in [0.25, 0.3) is 0 Å². The fraction of sp³-hybridized carbons (Fsp3) is 1.00. The summed E-state index contributed by atoms with van der Waals surface area (Å²) in [6, 6.07) is 0.899. The van der Waals surface area contributed by atoms with Crippen LogP contribution in [-0.4, -0.2) is 60.3 Å². The maximum atomic E-state index is 8.80. The molecule has 2 aliphatic rings. The third-order valence-electron chi connectivity index (χ3n) is 3.41. The first-order chi connectivity index (χ1) is 6.40. The van der Waals surface area contributed by atoms with Crippen LogP contribution in [0.15, 0.2) is 0 Å². The van der Waals surface area contributed by atoms with Crippen molar-refractivity contribution < 1.29 is 5.11 Å². The minimum atomic E-state index is 0.309. The fourth-order valence-corrected chi connectivity index (χ4v) is 2.25. The molecule has 0 bridgehead atoms. The van der Waals surface area contributed by atoms with Gasteiger partial charge < -0.3 is 5.11 Å². The highest BCUT2D eigenvalue weighted by Gasteiger charge is 2.27. The molecule has 0 aromatic rings. The molecule has 76 valence electrons. The van der Waals surface area contributed by atoms with Crippen molar-refractivity contribution in [3.05, 3.63) is 0 Å². The Morgan fingerprint density at radius 3 is 2.23 bits per heavy atom. The van der Waals surface area contributed by atoms with Crippen molar-refractivity contribution in [3.8, 4) is 0 Å². The summed E-state index contributed by atoms with van der Waals surface area (Å²) in [5.74, 6) is 0. The van der Waals surface area contributed by atoms with E-state index in [1.165, 1.54) is 32.4 Å². The Hall–Kier alpha value is -0.120. The van der Waals surface area contributed by atoms with Gasteiger partial charge in [0.2, 0.25) is 0 Å². The number of hydrogen-bond acceptors (Lipinski definition) is 3. The van der Waals surface area contributed by atoms with Gasteiger partial charge in [-0.2, -0.15) is 0 Å². The van der Waals surface area contributed by atoms with Crippen molar-refractivity contribution in [1.29, 1.82) is 0 Å². The summed E-state index contributed by atoms with van der Waals surface area (Å²) in [6.45, 7) is 5.89.